The lowest BCUT2D eigenvalue weighted by Crippen LogP contribution is -2.27. The molecule has 0 aliphatic carbocycles. The number of rotatable bonds is 4. The van der Waals surface area contributed by atoms with E-state index in [0.717, 1.165) is 28.3 Å². The molecule has 0 spiro atoms. The third-order valence-corrected chi connectivity index (χ3v) is 5.53. The molecule has 0 bridgehead atoms. The Morgan fingerprint density at radius 1 is 1.19 bits per heavy atom. The largest absolute Gasteiger partial charge is 0.454 e. The second-order valence-corrected chi connectivity index (χ2v) is 7.24. The molecule has 1 fully saturated rings. The molecule has 2 aliphatic heterocycles. The molecule has 26 heavy (non-hydrogen) atoms. The van der Waals surface area contributed by atoms with Crippen LogP contribution >= 0.6 is 11.8 Å². The van der Waals surface area contributed by atoms with Crippen molar-refractivity contribution in [1.29, 1.82) is 0 Å². The first-order valence-corrected chi connectivity index (χ1v) is 9.32. The number of fused-ring (bicyclic) bond motifs is 1. The number of hydrogen-bond donors (Lipinski definition) is 1. The van der Waals surface area contributed by atoms with E-state index >= 15 is 0 Å². The van der Waals surface area contributed by atoms with Gasteiger partial charge in [-0.15, -0.1) is 11.8 Å². The minimum absolute atomic E-state index is 0.0423. The Balaban J connectivity index is 1.52. The van der Waals surface area contributed by atoms with Crippen molar-refractivity contribution in [3.8, 4) is 11.5 Å². The number of nitrogens with one attached hydrogen (secondary N) is 1. The van der Waals surface area contributed by atoms with Gasteiger partial charge in [-0.25, -0.2) is 0 Å². The Kier molecular flexibility index (Phi) is 4.46. The van der Waals surface area contributed by atoms with E-state index in [4.69, 9.17) is 9.47 Å². The fourth-order valence-electron chi connectivity index (χ4n) is 3.07. The van der Waals surface area contributed by atoms with Gasteiger partial charge in [0.2, 0.25) is 18.6 Å². The van der Waals surface area contributed by atoms with Crippen LogP contribution in [0.4, 0.5) is 5.69 Å². The van der Waals surface area contributed by atoms with E-state index in [1.807, 2.05) is 47.4 Å². The molecule has 6 nitrogen and oxygen atoms in total. The molecule has 2 heterocycles. The summed E-state index contributed by atoms with van der Waals surface area (Å²) in [6.07, 6.45) is 0. The minimum atomic E-state index is -0.104. The summed E-state index contributed by atoms with van der Waals surface area (Å²) in [5, 5.41) is 2.71. The number of hydrogen-bond acceptors (Lipinski definition) is 5. The Hall–Kier alpha value is -2.67. The zero-order chi connectivity index (χ0) is 18.1. The molecule has 134 valence electrons. The van der Waals surface area contributed by atoms with Gasteiger partial charge in [0.05, 0.1) is 5.75 Å². The third kappa shape index (κ3) is 3.35. The van der Waals surface area contributed by atoms with E-state index in [1.54, 1.807) is 11.8 Å². The van der Waals surface area contributed by atoms with Crippen LogP contribution in [0.2, 0.25) is 0 Å². The molecule has 4 rings (SSSR count). The Morgan fingerprint density at radius 2 is 1.96 bits per heavy atom. The van der Waals surface area contributed by atoms with Crippen LogP contribution in [-0.4, -0.2) is 29.3 Å². The lowest BCUT2D eigenvalue weighted by molar-refractivity contribution is -0.128. The van der Waals surface area contributed by atoms with Crippen molar-refractivity contribution in [2.24, 2.45) is 0 Å². The number of amides is 2. The molecule has 2 amide bonds. The van der Waals surface area contributed by atoms with Crippen molar-refractivity contribution in [3.05, 3.63) is 53.6 Å². The lowest BCUT2D eigenvalue weighted by Gasteiger charge is -2.24. The molecule has 2 aromatic rings. The summed E-state index contributed by atoms with van der Waals surface area (Å²) < 4.78 is 10.8. The van der Waals surface area contributed by atoms with Crippen LogP contribution in [0.25, 0.3) is 0 Å². The molecular weight excluding hydrogens is 352 g/mol. The second-order valence-electron chi connectivity index (χ2n) is 6.18. The predicted molar refractivity (Wildman–Crippen MR) is 99.1 cm³/mol. The van der Waals surface area contributed by atoms with Crippen molar-refractivity contribution < 1.29 is 19.1 Å². The van der Waals surface area contributed by atoms with E-state index in [1.165, 1.54) is 6.92 Å². The highest BCUT2D eigenvalue weighted by Gasteiger charge is 2.33. The SMILES string of the molecule is CC(=O)Nc1ccc([C@H]2SCC(=O)N2Cc2ccc3c(c2)OCO3)cc1. The normalized spacial score (nSPS) is 18.3. The maximum Gasteiger partial charge on any atom is 0.234 e. The molecule has 1 atom stereocenters. The lowest BCUT2D eigenvalue weighted by atomic mass is 10.1. The topological polar surface area (TPSA) is 67.9 Å². The molecule has 2 aromatic carbocycles. The van der Waals surface area contributed by atoms with E-state index in [9.17, 15) is 9.59 Å². The smallest absolute Gasteiger partial charge is 0.234 e. The first-order valence-electron chi connectivity index (χ1n) is 8.27. The predicted octanol–water partition coefficient (Wildman–Crippen LogP) is 3.15. The highest BCUT2D eigenvalue weighted by molar-refractivity contribution is 8.00. The summed E-state index contributed by atoms with van der Waals surface area (Å²) in [6.45, 7) is 2.23. The van der Waals surface area contributed by atoms with E-state index in [2.05, 4.69) is 5.32 Å². The molecule has 0 saturated carbocycles. The third-order valence-electron chi connectivity index (χ3n) is 4.27. The highest BCUT2D eigenvalue weighted by Crippen LogP contribution is 2.41. The maximum absolute atomic E-state index is 12.4. The van der Waals surface area contributed by atoms with Crippen molar-refractivity contribution in [1.82, 2.24) is 4.90 Å². The first kappa shape index (κ1) is 16.8. The van der Waals surface area contributed by atoms with Crippen LogP contribution < -0.4 is 14.8 Å². The molecule has 0 aromatic heterocycles. The van der Waals surface area contributed by atoms with Gasteiger partial charge >= 0.3 is 0 Å². The standard InChI is InChI=1S/C19H18N2O4S/c1-12(22)20-15-5-3-14(4-6-15)19-21(18(23)10-26-19)9-13-2-7-16-17(8-13)25-11-24-16/h2-8,19H,9-11H2,1H3,(H,20,22)/t19-/m1/s1. The number of anilines is 1. The Labute approximate surface area is 155 Å². The zero-order valence-electron chi connectivity index (χ0n) is 14.2. The van der Waals surface area contributed by atoms with E-state index in [0.29, 0.717) is 12.3 Å². The molecule has 2 aliphatic rings. The van der Waals surface area contributed by atoms with Crippen molar-refractivity contribution in [3.63, 3.8) is 0 Å². The van der Waals surface area contributed by atoms with Gasteiger partial charge < -0.3 is 19.7 Å². The van der Waals surface area contributed by atoms with Gasteiger partial charge in [0.1, 0.15) is 5.37 Å². The summed E-state index contributed by atoms with van der Waals surface area (Å²) in [6, 6.07) is 13.4. The number of carbonyl (C=O) groups is 2. The number of benzene rings is 2. The average Bonchev–Trinajstić information content (AvgIpc) is 3.22. The van der Waals surface area contributed by atoms with Crippen LogP contribution in [0.15, 0.2) is 42.5 Å². The Morgan fingerprint density at radius 3 is 2.73 bits per heavy atom. The Bertz CT molecular complexity index is 853. The van der Waals surface area contributed by atoms with Gasteiger partial charge in [-0.05, 0) is 35.4 Å². The summed E-state index contributed by atoms with van der Waals surface area (Å²) in [5.74, 6) is 1.93. The highest BCUT2D eigenvalue weighted by atomic mass is 32.2. The fraction of sp³-hybridized carbons (Fsp3) is 0.263. The summed E-state index contributed by atoms with van der Waals surface area (Å²) in [7, 11) is 0. The van der Waals surface area contributed by atoms with Crippen molar-refractivity contribution >= 4 is 29.3 Å². The van der Waals surface area contributed by atoms with E-state index < -0.39 is 0 Å². The number of thioether (sulfide) groups is 1. The number of ether oxygens (including phenoxy) is 2. The van der Waals surface area contributed by atoms with Gasteiger partial charge in [0.25, 0.3) is 0 Å². The molecule has 7 heteroatoms. The van der Waals surface area contributed by atoms with Crippen LogP contribution in [0, 0.1) is 0 Å². The van der Waals surface area contributed by atoms with Gasteiger partial charge in [0.15, 0.2) is 11.5 Å². The van der Waals surface area contributed by atoms with Crippen LogP contribution in [0.3, 0.4) is 0 Å². The quantitative estimate of drug-likeness (QED) is 0.895. The van der Waals surface area contributed by atoms with Crippen LogP contribution in [-0.2, 0) is 16.1 Å². The minimum Gasteiger partial charge on any atom is -0.454 e. The average molecular weight is 370 g/mol. The number of nitrogens with zero attached hydrogens (tertiary/aromatic N) is 1. The molecule has 0 radical (unpaired) electrons. The van der Waals surface area contributed by atoms with E-state index in [-0.39, 0.29) is 24.0 Å². The monoisotopic (exact) mass is 370 g/mol. The van der Waals surface area contributed by atoms with Gasteiger partial charge in [-0.1, -0.05) is 18.2 Å². The van der Waals surface area contributed by atoms with Gasteiger partial charge in [-0.3, -0.25) is 9.59 Å². The number of carbonyl (C=O) groups excluding carboxylic acids is 2. The summed E-state index contributed by atoms with van der Waals surface area (Å²) in [4.78, 5) is 25.4. The molecule has 1 N–H and O–H groups in total. The van der Waals surface area contributed by atoms with Gasteiger partial charge in [-0.2, -0.15) is 0 Å². The van der Waals surface area contributed by atoms with Crippen molar-refractivity contribution in [2.75, 3.05) is 17.9 Å². The zero-order valence-corrected chi connectivity index (χ0v) is 15.0. The molecule has 1 saturated heterocycles. The summed E-state index contributed by atoms with van der Waals surface area (Å²) in [5.41, 5.74) is 2.79. The first-order chi connectivity index (χ1) is 12.6. The van der Waals surface area contributed by atoms with Crippen LogP contribution in [0.5, 0.6) is 11.5 Å². The van der Waals surface area contributed by atoms with Crippen molar-refractivity contribution in [2.45, 2.75) is 18.8 Å². The van der Waals surface area contributed by atoms with Gasteiger partial charge in [0, 0.05) is 19.2 Å². The summed E-state index contributed by atoms with van der Waals surface area (Å²) >= 11 is 1.61. The second kappa shape index (κ2) is 6.92. The maximum atomic E-state index is 12.4. The fourth-order valence-corrected chi connectivity index (χ4v) is 4.26. The molecular formula is C19H18N2O4S. The molecule has 0 unspecified atom stereocenters. The van der Waals surface area contributed by atoms with Crippen LogP contribution in [0.1, 0.15) is 23.4 Å².